The number of hydrogen-bond acceptors (Lipinski definition) is 4. The predicted molar refractivity (Wildman–Crippen MR) is 96.4 cm³/mol. The Labute approximate surface area is 144 Å². The van der Waals surface area contributed by atoms with Crippen LogP contribution in [0.1, 0.15) is 20.3 Å². The average Bonchev–Trinajstić information content (AvgIpc) is 2.47. The zero-order valence-electron chi connectivity index (χ0n) is 12.7. The number of halogens is 2. The Morgan fingerprint density at radius 2 is 1.22 bits per heavy atom. The molecule has 23 heavy (non-hydrogen) atoms. The second-order valence-corrected chi connectivity index (χ2v) is 5.90. The van der Waals surface area contributed by atoms with Crippen LogP contribution in [0.4, 0.5) is 11.4 Å². The summed E-state index contributed by atoms with van der Waals surface area (Å²) in [7, 11) is 0. The van der Waals surface area contributed by atoms with Gasteiger partial charge in [-0.05, 0) is 38.1 Å². The van der Waals surface area contributed by atoms with Gasteiger partial charge in [0.1, 0.15) is 22.9 Å². The molecule has 0 atom stereocenters. The first kappa shape index (κ1) is 17.3. The molecule has 0 amide bonds. The van der Waals surface area contributed by atoms with Crippen LogP contribution in [0, 0.1) is 0 Å². The van der Waals surface area contributed by atoms with E-state index < -0.39 is 0 Å². The Morgan fingerprint density at radius 3 is 1.57 bits per heavy atom. The molecule has 0 aliphatic rings. The summed E-state index contributed by atoms with van der Waals surface area (Å²) in [4.78, 5) is 8.69. The normalized spacial score (nSPS) is 12.5. The van der Waals surface area contributed by atoms with Gasteiger partial charge in [-0.3, -0.25) is 9.98 Å². The minimum atomic E-state index is 0.0233. The monoisotopic (exact) mass is 350 g/mol. The molecule has 2 N–H and O–H groups in total. The molecule has 2 rings (SSSR count). The predicted octanol–water partition coefficient (Wildman–Crippen LogP) is 5.68. The second kappa shape index (κ2) is 7.49. The highest BCUT2D eigenvalue weighted by molar-refractivity contribution is 6.34. The summed E-state index contributed by atoms with van der Waals surface area (Å²) in [5.74, 6) is 0.0466. The standard InChI is InChI=1S/C17H16Cl2N2O2/c1-10(20-16-12(18)5-3-7-14(16)22)9-11(2)21-17-13(19)6-4-8-15(17)23/h3-8,22-23H,9H2,1-2H3. The average molecular weight is 351 g/mol. The smallest absolute Gasteiger partial charge is 0.142 e. The van der Waals surface area contributed by atoms with Gasteiger partial charge in [-0.25, -0.2) is 0 Å². The van der Waals surface area contributed by atoms with Crippen molar-refractivity contribution in [3.05, 3.63) is 46.4 Å². The highest BCUT2D eigenvalue weighted by atomic mass is 35.5. The Morgan fingerprint density at radius 1 is 0.826 bits per heavy atom. The number of hydrogen-bond donors (Lipinski definition) is 2. The molecular weight excluding hydrogens is 335 g/mol. The molecule has 6 heteroatoms. The van der Waals surface area contributed by atoms with Gasteiger partial charge in [0.15, 0.2) is 0 Å². The highest BCUT2D eigenvalue weighted by Gasteiger charge is 2.08. The van der Waals surface area contributed by atoms with E-state index in [9.17, 15) is 10.2 Å². The fourth-order valence-electron chi connectivity index (χ4n) is 2.06. The summed E-state index contributed by atoms with van der Waals surface area (Å²) in [5.41, 5.74) is 2.11. The van der Waals surface area contributed by atoms with Crippen molar-refractivity contribution in [2.45, 2.75) is 20.3 Å². The molecule has 0 heterocycles. The summed E-state index contributed by atoms with van der Waals surface area (Å²) in [6.45, 7) is 3.63. The molecule has 0 aromatic heterocycles. The number of phenols is 2. The maximum absolute atomic E-state index is 9.81. The van der Waals surface area contributed by atoms with Crippen molar-refractivity contribution in [2.24, 2.45) is 9.98 Å². The van der Waals surface area contributed by atoms with Gasteiger partial charge in [0.25, 0.3) is 0 Å². The fourth-order valence-corrected chi connectivity index (χ4v) is 2.48. The lowest BCUT2D eigenvalue weighted by atomic mass is 10.2. The third-order valence-electron chi connectivity index (χ3n) is 3.05. The first-order valence-electron chi connectivity index (χ1n) is 6.91. The number of rotatable bonds is 4. The van der Waals surface area contributed by atoms with Crippen molar-refractivity contribution in [3.8, 4) is 11.5 Å². The summed E-state index contributed by atoms with van der Waals surface area (Å²) in [6.07, 6.45) is 0.454. The van der Waals surface area contributed by atoms with Crippen LogP contribution in [0.3, 0.4) is 0 Å². The molecule has 2 aromatic rings. The zero-order valence-corrected chi connectivity index (χ0v) is 14.2. The molecule has 0 unspecified atom stereocenters. The lowest BCUT2D eigenvalue weighted by Gasteiger charge is -2.06. The molecular formula is C17H16Cl2N2O2. The van der Waals surface area contributed by atoms with E-state index >= 15 is 0 Å². The van der Waals surface area contributed by atoms with Crippen LogP contribution >= 0.6 is 23.2 Å². The van der Waals surface area contributed by atoms with Crippen LogP contribution in [0.25, 0.3) is 0 Å². The lowest BCUT2D eigenvalue weighted by molar-refractivity contribution is 0.476. The molecule has 0 saturated heterocycles. The number of aromatic hydroxyl groups is 2. The van der Waals surface area contributed by atoms with Crippen molar-refractivity contribution in [1.29, 1.82) is 0 Å². The lowest BCUT2D eigenvalue weighted by Crippen LogP contribution is -2.00. The zero-order chi connectivity index (χ0) is 17.0. The minimum absolute atomic E-state index is 0.0233. The van der Waals surface area contributed by atoms with Gasteiger partial charge >= 0.3 is 0 Å². The number of phenolic OH excluding ortho intramolecular Hbond substituents is 2. The van der Waals surface area contributed by atoms with E-state index in [0.29, 0.717) is 27.8 Å². The number of aliphatic imine (C=N–C) groups is 2. The summed E-state index contributed by atoms with van der Waals surface area (Å²) in [5, 5.41) is 20.4. The fraction of sp³-hybridized carbons (Fsp3) is 0.176. The van der Waals surface area contributed by atoms with Gasteiger partial charge in [0.2, 0.25) is 0 Å². The molecule has 0 fully saturated rings. The molecule has 0 bridgehead atoms. The van der Waals surface area contributed by atoms with Crippen LogP contribution < -0.4 is 0 Å². The largest absolute Gasteiger partial charge is 0.506 e. The Balaban J connectivity index is 2.24. The quantitative estimate of drug-likeness (QED) is 0.696. The van der Waals surface area contributed by atoms with Gasteiger partial charge in [-0.2, -0.15) is 0 Å². The van der Waals surface area contributed by atoms with Crippen LogP contribution in [0.2, 0.25) is 10.0 Å². The third kappa shape index (κ3) is 4.47. The Hall–Kier alpha value is -2.04. The van der Waals surface area contributed by atoms with Crippen molar-refractivity contribution in [1.82, 2.24) is 0 Å². The summed E-state index contributed by atoms with van der Waals surface area (Å²) < 4.78 is 0. The summed E-state index contributed by atoms with van der Waals surface area (Å²) >= 11 is 12.1. The van der Waals surface area contributed by atoms with Crippen molar-refractivity contribution >= 4 is 46.0 Å². The van der Waals surface area contributed by atoms with Gasteiger partial charge in [-0.1, -0.05) is 35.3 Å². The molecule has 0 aliphatic carbocycles. The first-order valence-corrected chi connectivity index (χ1v) is 7.67. The topological polar surface area (TPSA) is 65.2 Å². The SMILES string of the molecule is CC(CC(C)=Nc1c(O)cccc1Cl)=Nc1c(O)cccc1Cl. The van der Waals surface area contributed by atoms with Crippen molar-refractivity contribution in [2.75, 3.05) is 0 Å². The van der Waals surface area contributed by atoms with Crippen LogP contribution in [0.5, 0.6) is 11.5 Å². The molecule has 0 spiro atoms. The van der Waals surface area contributed by atoms with Crippen LogP contribution in [0.15, 0.2) is 46.4 Å². The molecule has 0 radical (unpaired) electrons. The minimum Gasteiger partial charge on any atom is -0.506 e. The summed E-state index contributed by atoms with van der Waals surface area (Å²) in [6, 6.07) is 9.69. The maximum Gasteiger partial charge on any atom is 0.142 e. The second-order valence-electron chi connectivity index (χ2n) is 5.09. The van der Waals surface area contributed by atoms with E-state index in [2.05, 4.69) is 9.98 Å². The molecule has 0 aliphatic heterocycles. The highest BCUT2D eigenvalue weighted by Crippen LogP contribution is 2.35. The van der Waals surface area contributed by atoms with Gasteiger partial charge < -0.3 is 10.2 Å². The van der Waals surface area contributed by atoms with E-state index in [-0.39, 0.29) is 11.5 Å². The Kier molecular flexibility index (Phi) is 5.64. The number of para-hydroxylation sites is 2. The number of nitrogens with zero attached hydrogens (tertiary/aromatic N) is 2. The van der Waals surface area contributed by atoms with Crippen molar-refractivity contribution < 1.29 is 10.2 Å². The maximum atomic E-state index is 9.81. The van der Waals surface area contributed by atoms with Crippen LogP contribution in [-0.2, 0) is 0 Å². The molecule has 120 valence electrons. The number of benzene rings is 2. The molecule has 2 aromatic carbocycles. The van der Waals surface area contributed by atoms with Gasteiger partial charge in [0.05, 0.1) is 10.0 Å². The molecule has 4 nitrogen and oxygen atoms in total. The van der Waals surface area contributed by atoms with Gasteiger partial charge in [0, 0.05) is 17.8 Å². The van der Waals surface area contributed by atoms with E-state index in [1.54, 1.807) is 24.3 Å². The third-order valence-corrected chi connectivity index (χ3v) is 3.66. The van der Waals surface area contributed by atoms with E-state index in [4.69, 9.17) is 23.2 Å². The van der Waals surface area contributed by atoms with E-state index in [1.165, 1.54) is 12.1 Å². The molecule has 0 saturated carbocycles. The van der Waals surface area contributed by atoms with Crippen LogP contribution in [-0.4, -0.2) is 21.6 Å². The van der Waals surface area contributed by atoms with Gasteiger partial charge in [-0.15, -0.1) is 0 Å². The van der Waals surface area contributed by atoms with E-state index in [0.717, 1.165) is 11.4 Å². The Bertz CT molecular complexity index is 680. The first-order chi connectivity index (χ1) is 10.9. The van der Waals surface area contributed by atoms with E-state index in [1.807, 2.05) is 13.8 Å². The van der Waals surface area contributed by atoms with Crippen molar-refractivity contribution in [3.63, 3.8) is 0 Å².